The number of hydrogen-bond donors (Lipinski definition) is 0. The van der Waals surface area contributed by atoms with E-state index in [2.05, 4.69) is 0 Å². The van der Waals surface area contributed by atoms with Gasteiger partial charge in [-0.1, -0.05) is 36.4 Å². The summed E-state index contributed by atoms with van der Waals surface area (Å²) in [5.41, 5.74) is 0. The van der Waals surface area contributed by atoms with Crippen LogP contribution in [0.5, 0.6) is 0 Å². The molecule has 0 aromatic heterocycles. The van der Waals surface area contributed by atoms with E-state index in [1.165, 1.54) is 36.4 Å². The van der Waals surface area contributed by atoms with Crippen molar-refractivity contribution in [3.05, 3.63) is 72.8 Å². The van der Waals surface area contributed by atoms with Crippen LogP contribution in [0.2, 0.25) is 0 Å². The molecule has 2 N–H and O–H groups in total. The molecule has 0 atom stereocenters. The third kappa shape index (κ3) is 10.1. The van der Waals surface area contributed by atoms with Gasteiger partial charge in [-0.3, -0.25) is 0 Å². The molecular weight excluding hydrogens is 572 g/mol. The van der Waals surface area contributed by atoms with Crippen LogP contribution in [-0.2, 0) is 30.4 Å². The molecular formula is C18H14Na3O10PS3. The van der Waals surface area contributed by atoms with Crippen molar-refractivity contribution in [2.45, 2.75) is 14.7 Å². The molecule has 0 fully saturated rings. The first-order chi connectivity index (χ1) is 14.3. The fourth-order valence-corrected chi connectivity index (χ4v) is 7.00. The van der Waals surface area contributed by atoms with Gasteiger partial charge in [0.2, 0.25) is 0 Å². The maximum atomic E-state index is 11.5. The molecule has 0 spiro atoms. The van der Waals surface area contributed by atoms with Gasteiger partial charge in [0.15, 0.2) is 0 Å². The largest absolute Gasteiger partial charge is 1.00 e. The molecule has 3 aromatic carbocycles. The molecule has 17 heteroatoms. The van der Waals surface area contributed by atoms with Gasteiger partial charge < -0.3 is 19.1 Å². The van der Waals surface area contributed by atoms with Gasteiger partial charge in [0.05, 0.1) is 14.7 Å². The number of rotatable bonds is 6. The van der Waals surface area contributed by atoms with Crippen molar-refractivity contribution in [1.29, 1.82) is 0 Å². The molecule has 0 amide bonds. The Hall–Kier alpha value is 0.780. The van der Waals surface area contributed by atoms with E-state index in [-0.39, 0.29) is 110 Å². The van der Waals surface area contributed by atoms with E-state index >= 15 is 0 Å². The average molecular weight is 586 g/mol. The SMILES string of the molecule is O.O=S(=O)([O-])c1cccc(P(c2cccc(S(=O)(=O)[O-])c2)c2cccc(S(=O)(=O)[O-])c2)c1.[Na+].[Na+].[Na+]. The Balaban J connectivity index is 0. The summed E-state index contributed by atoms with van der Waals surface area (Å²) in [6.07, 6.45) is 0. The molecule has 0 bridgehead atoms. The minimum absolute atomic E-state index is 0. The summed E-state index contributed by atoms with van der Waals surface area (Å²) < 4.78 is 103. The Labute approximate surface area is 271 Å². The Morgan fingerprint density at radius 3 is 0.914 bits per heavy atom. The van der Waals surface area contributed by atoms with Crippen LogP contribution in [0.4, 0.5) is 0 Å². The molecule has 0 heterocycles. The molecule has 0 radical (unpaired) electrons. The predicted octanol–water partition coefficient (Wildman–Crippen LogP) is -9.66. The van der Waals surface area contributed by atoms with Crippen molar-refractivity contribution in [2.75, 3.05) is 0 Å². The summed E-state index contributed by atoms with van der Waals surface area (Å²) in [6, 6.07) is 14.8. The van der Waals surface area contributed by atoms with E-state index in [9.17, 15) is 38.9 Å². The summed E-state index contributed by atoms with van der Waals surface area (Å²) in [4.78, 5) is -1.63. The van der Waals surface area contributed by atoms with Crippen molar-refractivity contribution >= 4 is 54.2 Å². The van der Waals surface area contributed by atoms with Gasteiger partial charge in [0.1, 0.15) is 30.4 Å². The van der Waals surface area contributed by atoms with Gasteiger partial charge in [-0.2, -0.15) is 0 Å². The molecule has 0 aliphatic carbocycles. The summed E-state index contributed by atoms with van der Waals surface area (Å²) in [7, 11) is -16.3. The Bertz CT molecular complexity index is 1300. The van der Waals surface area contributed by atoms with Crippen molar-refractivity contribution < 1.29 is 133 Å². The Morgan fingerprint density at radius 2 is 0.714 bits per heavy atom. The minimum Gasteiger partial charge on any atom is -0.744 e. The van der Waals surface area contributed by atoms with E-state index in [0.29, 0.717) is 0 Å². The van der Waals surface area contributed by atoms with E-state index in [1.807, 2.05) is 0 Å². The summed E-state index contributed by atoms with van der Waals surface area (Å²) in [6.45, 7) is 0. The second-order valence-corrected chi connectivity index (χ2v) is 12.5. The molecule has 0 saturated heterocycles. The van der Waals surface area contributed by atoms with Crippen LogP contribution >= 0.6 is 7.92 Å². The van der Waals surface area contributed by atoms with E-state index < -0.39 is 53.0 Å². The number of benzene rings is 3. The molecule has 35 heavy (non-hydrogen) atoms. The molecule has 3 aromatic rings. The zero-order chi connectivity index (χ0) is 23.0. The molecule has 0 aliphatic heterocycles. The van der Waals surface area contributed by atoms with Gasteiger partial charge in [-0.25, -0.2) is 25.3 Å². The fourth-order valence-electron chi connectivity index (χ4n) is 2.78. The summed E-state index contributed by atoms with van der Waals surface area (Å²) in [5.74, 6) is 0. The quantitative estimate of drug-likeness (QED) is 0.153. The van der Waals surface area contributed by atoms with Gasteiger partial charge in [-0.15, -0.1) is 0 Å². The van der Waals surface area contributed by atoms with E-state index in [0.717, 1.165) is 36.4 Å². The second-order valence-electron chi connectivity index (χ2n) is 6.19. The van der Waals surface area contributed by atoms with E-state index in [1.54, 1.807) is 0 Å². The first kappa shape index (κ1) is 37.9. The number of hydrogen-bond acceptors (Lipinski definition) is 9. The first-order valence-electron chi connectivity index (χ1n) is 8.25. The Kier molecular flexibility index (Phi) is 16.0. The van der Waals surface area contributed by atoms with Crippen LogP contribution < -0.4 is 105 Å². The van der Waals surface area contributed by atoms with E-state index in [4.69, 9.17) is 0 Å². The van der Waals surface area contributed by atoms with Crippen molar-refractivity contribution in [1.82, 2.24) is 0 Å². The van der Waals surface area contributed by atoms with Crippen LogP contribution in [0.3, 0.4) is 0 Å². The molecule has 0 unspecified atom stereocenters. The zero-order valence-electron chi connectivity index (χ0n) is 18.8. The minimum atomic E-state index is -4.82. The van der Waals surface area contributed by atoms with Gasteiger partial charge >= 0.3 is 88.7 Å². The maximum absolute atomic E-state index is 11.5. The maximum Gasteiger partial charge on any atom is 1.00 e. The van der Waals surface area contributed by atoms with Crippen molar-refractivity contribution in [2.24, 2.45) is 0 Å². The molecule has 10 nitrogen and oxygen atoms in total. The van der Waals surface area contributed by atoms with Crippen LogP contribution in [0.25, 0.3) is 0 Å². The van der Waals surface area contributed by atoms with Crippen molar-refractivity contribution in [3.63, 3.8) is 0 Å². The van der Waals surface area contributed by atoms with Crippen molar-refractivity contribution in [3.8, 4) is 0 Å². The molecule has 0 saturated carbocycles. The smallest absolute Gasteiger partial charge is 0.744 e. The average Bonchev–Trinajstić information content (AvgIpc) is 2.67. The molecule has 172 valence electrons. The van der Waals surface area contributed by atoms with Gasteiger partial charge in [-0.05, 0) is 60.2 Å². The summed E-state index contributed by atoms with van der Waals surface area (Å²) >= 11 is 0. The fraction of sp³-hybridized carbons (Fsp3) is 0. The van der Waals surface area contributed by atoms with Crippen LogP contribution in [0.1, 0.15) is 0 Å². The van der Waals surface area contributed by atoms with Crippen LogP contribution in [0, 0.1) is 0 Å². The standard InChI is InChI=1S/C18H15O9PS3.3Na.H2O/c19-29(20,21)16-7-1-4-13(10-16)28(14-5-2-8-17(11-14)30(22,23)24)15-6-3-9-18(12-15)31(25,26)27;;;;/h1-12H,(H,19,20,21)(H,22,23,24)(H,25,26,27);;;;1H2/q;3*+1;/p-3. The van der Waals surface area contributed by atoms with Crippen LogP contribution in [0.15, 0.2) is 87.5 Å². The third-order valence-electron chi connectivity index (χ3n) is 4.09. The topological polar surface area (TPSA) is 203 Å². The second kappa shape index (κ2) is 14.8. The van der Waals surface area contributed by atoms with Crippen LogP contribution in [-0.4, -0.2) is 44.4 Å². The third-order valence-corrected chi connectivity index (χ3v) is 8.97. The molecule has 3 rings (SSSR count). The monoisotopic (exact) mass is 586 g/mol. The van der Waals surface area contributed by atoms with Gasteiger partial charge in [0, 0.05) is 0 Å². The Morgan fingerprint density at radius 1 is 0.486 bits per heavy atom. The zero-order valence-corrected chi connectivity index (χ0v) is 28.1. The summed E-state index contributed by atoms with van der Waals surface area (Å²) in [5, 5.41) is 0.772. The first-order valence-corrected chi connectivity index (χ1v) is 13.8. The molecule has 0 aliphatic rings. The van der Waals surface area contributed by atoms with Gasteiger partial charge in [0.25, 0.3) is 0 Å². The normalized spacial score (nSPS) is 11.3. The predicted molar refractivity (Wildman–Crippen MR) is 113 cm³/mol.